The van der Waals surface area contributed by atoms with Crippen molar-refractivity contribution in [1.29, 1.82) is 0 Å². The molecule has 2 fully saturated rings. The molecule has 0 bridgehead atoms. The smallest absolute Gasteiger partial charge is 0.0565 e. The summed E-state index contributed by atoms with van der Waals surface area (Å²) in [7, 11) is 0. The van der Waals surface area contributed by atoms with Crippen molar-refractivity contribution in [3.8, 4) is 0 Å². The van der Waals surface area contributed by atoms with Gasteiger partial charge in [0.15, 0.2) is 0 Å². The lowest BCUT2D eigenvalue weighted by Gasteiger charge is -2.36. The Kier molecular flexibility index (Phi) is 3.65. The first kappa shape index (κ1) is 11.4. The maximum Gasteiger partial charge on any atom is 0.0565 e. The summed E-state index contributed by atoms with van der Waals surface area (Å²) in [4.78, 5) is 0. The van der Waals surface area contributed by atoms with Crippen LogP contribution in [-0.4, -0.2) is 36.0 Å². The van der Waals surface area contributed by atoms with Crippen LogP contribution in [0.2, 0.25) is 0 Å². The average molecular weight is 213 g/mol. The quantitative estimate of drug-likeness (QED) is 0.742. The van der Waals surface area contributed by atoms with E-state index in [1.807, 2.05) is 0 Å². The maximum atomic E-state index is 9.19. The summed E-state index contributed by atoms with van der Waals surface area (Å²) in [6.45, 7) is 5.37. The lowest BCUT2D eigenvalue weighted by Crippen LogP contribution is -2.45. The highest BCUT2D eigenvalue weighted by Crippen LogP contribution is 2.27. The number of aliphatic hydroxyl groups is 1. The van der Waals surface area contributed by atoms with Gasteiger partial charge < -0.3 is 15.2 Å². The van der Waals surface area contributed by atoms with E-state index >= 15 is 0 Å². The van der Waals surface area contributed by atoms with Crippen molar-refractivity contribution in [2.24, 2.45) is 5.92 Å². The lowest BCUT2D eigenvalue weighted by molar-refractivity contribution is -0.0442. The van der Waals surface area contributed by atoms with Crippen LogP contribution in [0.1, 0.15) is 39.5 Å². The SMILES string of the molecule is CC1CC(NCC2CC(O)C2)CC(C)O1. The number of nitrogens with one attached hydrogen (secondary N) is 1. The molecule has 0 aromatic rings. The summed E-state index contributed by atoms with van der Waals surface area (Å²) in [6, 6.07) is 0.612. The molecule has 2 aliphatic rings. The standard InChI is InChI=1S/C12H23NO2/c1-8-3-11(4-9(2)15-8)13-7-10-5-12(14)6-10/h8-14H,3-7H2,1-2H3. The Morgan fingerprint density at radius 1 is 1.13 bits per heavy atom. The molecule has 1 saturated carbocycles. The Morgan fingerprint density at radius 2 is 1.73 bits per heavy atom. The maximum absolute atomic E-state index is 9.19. The fourth-order valence-corrected chi connectivity index (χ4v) is 2.77. The molecule has 88 valence electrons. The van der Waals surface area contributed by atoms with Crippen LogP contribution in [0.15, 0.2) is 0 Å². The van der Waals surface area contributed by atoms with Gasteiger partial charge in [-0.25, -0.2) is 0 Å². The minimum atomic E-state index is -0.0238. The first-order valence-corrected chi connectivity index (χ1v) is 6.20. The predicted octanol–water partition coefficient (Wildman–Crippen LogP) is 1.30. The van der Waals surface area contributed by atoms with Crippen LogP contribution in [0.3, 0.4) is 0 Å². The summed E-state index contributed by atoms with van der Waals surface area (Å²) >= 11 is 0. The zero-order chi connectivity index (χ0) is 10.8. The topological polar surface area (TPSA) is 41.5 Å². The first-order valence-electron chi connectivity index (χ1n) is 6.20. The van der Waals surface area contributed by atoms with Gasteiger partial charge in [0.05, 0.1) is 18.3 Å². The van der Waals surface area contributed by atoms with Crippen molar-refractivity contribution < 1.29 is 9.84 Å². The second kappa shape index (κ2) is 4.81. The molecule has 2 rings (SSSR count). The van der Waals surface area contributed by atoms with Crippen LogP contribution >= 0.6 is 0 Å². The average Bonchev–Trinajstić information content (AvgIpc) is 2.09. The van der Waals surface area contributed by atoms with Crippen molar-refractivity contribution >= 4 is 0 Å². The number of ether oxygens (including phenoxy) is 1. The third kappa shape index (κ3) is 3.16. The van der Waals surface area contributed by atoms with Gasteiger partial charge in [-0.1, -0.05) is 0 Å². The van der Waals surface area contributed by atoms with Crippen LogP contribution in [0.5, 0.6) is 0 Å². The van der Waals surface area contributed by atoms with E-state index in [4.69, 9.17) is 4.74 Å². The van der Waals surface area contributed by atoms with E-state index < -0.39 is 0 Å². The second-order valence-electron chi connectivity index (χ2n) is 5.33. The largest absolute Gasteiger partial charge is 0.393 e. The van der Waals surface area contributed by atoms with Gasteiger partial charge in [0.25, 0.3) is 0 Å². The highest BCUT2D eigenvalue weighted by molar-refractivity contribution is 4.84. The molecule has 0 radical (unpaired) electrons. The van der Waals surface area contributed by atoms with Crippen LogP contribution in [-0.2, 0) is 4.74 Å². The van der Waals surface area contributed by atoms with Gasteiger partial charge in [0, 0.05) is 6.04 Å². The molecule has 0 amide bonds. The van der Waals surface area contributed by atoms with E-state index in [1.54, 1.807) is 0 Å². The van der Waals surface area contributed by atoms with Gasteiger partial charge in [-0.2, -0.15) is 0 Å². The van der Waals surface area contributed by atoms with Gasteiger partial charge in [0.2, 0.25) is 0 Å². The van der Waals surface area contributed by atoms with Crippen LogP contribution in [0.4, 0.5) is 0 Å². The minimum Gasteiger partial charge on any atom is -0.393 e. The number of aliphatic hydroxyl groups excluding tert-OH is 1. The molecular formula is C12H23NO2. The highest BCUT2D eigenvalue weighted by Gasteiger charge is 2.29. The van der Waals surface area contributed by atoms with Gasteiger partial charge in [-0.05, 0) is 52.0 Å². The van der Waals surface area contributed by atoms with E-state index in [-0.39, 0.29) is 6.10 Å². The Labute approximate surface area is 92.2 Å². The van der Waals surface area contributed by atoms with Crippen LogP contribution < -0.4 is 5.32 Å². The summed E-state index contributed by atoms with van der Waals surface area (Å²) in [5, 5.41) is 12.8. The fourth-order valence-electron chi connectivity index (χ4n) is 2.77. The molecule has 2 unspecified atom stereocenters. The molecule has 3 heteroatoms. The van der Waals surface area contributed by atoms with E-state index in [0.29, 0.717) is 24.2 Å². The monoisotopic (exact) mass is 213 g/mol. The predicted molar refractivity (Wildman–Crippen MR) is 59.8 cm³/mol. The lowest BCUT2D eigenvalue weighted by atomic mass is 9.82. The van der Waals surface area contributed by atoms with E-state index in [1.165, 1.54) is 0 Å². The Bertz CT molecular complexity index is 194. The molecule has 2 N–H and O–H groups in total. The molecule has 1 aliphatic carbocycles. The summed E-state index contributed by atoms with van der Waals surface area (Å²) in [5.74, 6) is 0.702. The van der Waals surface area contributed by atoms with Gasteiger partial charge >= 0.3 is 0 Å². The fraction of sp³-hybridized carbons (Fsp3) is 1.00. The van der Waals surface area contributed by atoms with Gasteiger partial charge in [-0.15, -0.1) is 0 Å². The van der Waals surface area contributed by atoms with Crippen molar-refractivity contribution in [3.63, 3.8) is 0 Å². The Balaban J connectivity index is 1.65. The normalized spacial score (nSPS) is 46.2. The summed E-state index contributed by atoms with van der Waals surface area (Å²) in [6.07, 6.45) is 4.97. The third-order valence-electron chi connectivity index (χ3n) is 3.60. The van der Waals surface area contributed by atoms with E-state index in [9.17, 15) is 5.11 Å². The number of hydrogen-bond acceptors (Lipinski definition) is 3. The minimum absolute atomic E-state index is 0.0238. The molecule has 15 heavy (non-hydrogen) atoms. The number of rotatable bonds is 3. The van der Waals surface area contributed by atoms with E-state index in [2.05, 4.69) is 19.2 Å². The van der Waals surface area contributed by atoms with Gasteiger partial charge in [-0.3, -0.25) is 0 Å². The highest BCUT2D eigenvalue weighted by atomic mass is 16.5. The van der Waals surface area contributed by atoms with Crippen molar-refractivity contribution in [3.05, 3.63) is 0 Å². The molecule has 0 aromatic carbocycles. The molecule has 2 atom stereocenters. The van der Waals surface area contributed by atoms with Crippen molar-refractivity contribution in [2.45, 2.75) is 63.9 Å². The third-order valence-corrected chi connectivity index (χ3v) is 3.60. The Morgan fingerprint density at radius 3 is 2.27 bits per heavy atom. The van der Waals surface area contributed by atoms with Crippen LogP contribution in [0, 0.1) is 5.92 Å². The van der Waals surface area contributed by atoms with Crippen molar-refractivity contribution in [1.82, 2.24) is 5.32 Å². The summed E-state index contributed by atoms with van der Waals surface area (Å²) < 4.78 is 5.70. The molecule has 1 heterocycles. The Hall–Kier alpha value is -0.120. The molecule has 0 spiro atoms. The van der Waals surface area contributed by atoms with E-state index in [0.717, 1.165) is 32.2 Å². The first-order chi connectivity index (χ1) is 7.13. The molecule has 0 aromatic heterocycles. The molecule has 3 nitrogen and oxygen atoms in total. The summed E-state index contributed by atoms with van der Waals surface area (Å²) in [5.41, 5.74) is 0. The van der Waals surface area contributed by atoms with Crippen LogP contribution in [0.25, 0.3) is 0 Å². The second-order valence-corrected chi connectivity index (χ2v) is 5.33. The van der Waals surface area contributed by atoms with Gasteiger partial charge in [0.1, 0.15) is 0 Å². The molecular weight excluding hydrogens is 190 g/mol. The zero-order valence-corrected chi connectivity index (χ0v) is 9.78. The molecule has 1 saturated heterocycles. The molecule has 1 aliphatic heterocycles. The van der Waals surface area contributed by atoms with Crippen molar-refractivity contribution in [2.75, 3.05) is 6.54 Å². The zero-order valence-electron chi connectivity index (χ0n) is 9.78. The number of hydrogen-bond donors (Lipinski definition) is 2.